The molecule has 1 N–H and O–H groups in total. The van der Waals surface area contributed by atoms with Crippen LogP contribution in [-0.2, 0) is 11.3 Å². The Bertz CT molecular complexity index is 773. The highest BCUT2D eigenvalue weighted by Crippen LogP contribution is 2.34. The fourth-order valence-electron chi connectivity index (χ4n) is 4.67. The molecule has 5 nitrogen and oxygen atoms in total. The van der Waals surface area contributed by atoms with Gasteiger partial charge < -0.3 is 15.0 Å². The molecule has 2 fully saturated rings. The molecule has 3 aliphatic rings. The number of amides is 2. The summed E-state index contributed by atoms with van der Waals surface area (Å²) in [6, 6.07) is 5.34. The minimum Gasteiger partial charge on any atom is -0.490 e. The molecule has 2 heterocycles. The van der Waals surface area contributed by atoms with Crippen LogP contribution in [0, 0.1) is 5.92 Å². The number of piperidine rings is 1. The molecule has 0 radical (unpaired) electrons. The van der Waals surface area contributed by atoms with Crippen LogP contribution in [0.4, 0.5) is 0 Å². The average Bonchev–Trinajstić information content (AvgIpc) is 2.98. The van der Waals surface area contributed by atoms with Crippen molar-refractivity contribution >= 4 is 11.8 Å². The maximum atomic E-state index is 12.8. The van der Waals surface area contributed by atoms with Gasteiger partial charge in [-0.15, -0.1) is 0 Å². The van der Waals surface area contributed by atoms with E-state index in [-0.39, 0.29) is 17.9 Å². The van der Waals surface area contributed by atoms with Crippen LogP contribution in [0.3, 0.4) is 0 Å². The third kappa shape index (κ3) is 3.47. The maximum Gasteiger partial charge on any atom is 0.255 e. The second-order valence-corrected chi connectivity index (χ2v) is 8.01. The smallest absolute Gasteiger partial charge is 0.255 e. The minimum atomic E-state index is -0.414. The third-order valence-corrected chi connectivity index (χ3v) is 6.26. The highest BCUT2D eigenvalue weighted by molar-refractivity contribution is 6.01. The lowest BCUT2D eigenvalue weighted by Crippen LogP contribution is -2.49. The van der Waals surface area contributed by atoms with Crippen LogP contribution in [-0.4, -0.2) is 28.9 Å². The number of allylic oxidation sites excluding steroid dienone is 1. The number of ether oxygens (including phenoxy) is 1. The number of benzene rings is 1. The Morgan fingerprint density at radius 3 is 2.81 bits per heavy atom. The lowest BCUT2D eigenvalue weighted by Gasteiger charge is -2.31. The zero-order valence-corrected chi connectivity index (χ0v) is 16.0. The Morgan fingerprint density at radius 1 is 1.22 bits per heavy atom. The normalized spacial score (nSPS) is 28.1. The van der Waals surface area contributed by atoms with E-state index in [4.69, 9.17) is 4.74 Å². The van der Waals surface area contributed by atoms with E-state index in [9.17, 15) is 9.59 Å². The largest absolute Gasteiger partial charge is 0.490 e. The molecule has 1 aromatic rings. The van der Waals surface area contributed by atoms with E-state index in [0.29, 0.717) is 30.9 Å². The summed E-state index contributed by atoms with van der Waals surface area (Å²) in [7, 11) is 0. The molecule has 1 aliphatic carbocycles. The second-order valence-electron chi connectivity index (χ2n) is 8.01. The molecule has 27 heavy (non-hydrogen) atoms. The van der Waals surface area contributed by atoms with Crippen molar-refractivity contribution in [2.24, 2.45) is 5.92 Å². The average molecular weight is 368 g/mol. The Hall–Kier alpha value is -2.30. The Morgan fingerprint density at radius 2 is 2.04 bits per heavy atom. The molecule has 1 aromatic carbocycles. The van der Waals surface area contributed by atoms with Crippen molar-refractivity contribution in [3.05, 3.63) is 41.6 Å². The maximum absolute atomic E-state index is 12.8. The molecular formula is C22H28N2O3. The molecule has 0 aromatic heterocycles. The third-order valence-electron chi connectivity index (χ3n) is 6.26. The van der Waals surface area contributed by atoms with Crippen molar-refractivity contribution in [1.29, 1.82) is 0 Å². The van der Waals surface area contributed by atoms with Gasteiger partial charge in [-0.3, -0.25) is 9.59 Å². The van der Waals surface area contributed by atoms with Crippen LogP contribution in [0.2, 0.25) is 0 Å². The molecule has 2 aliphatic heterocycles. The van der Waals surface area contributed by atoms with Gasteiger partial charge in [0.05, 0.1) is 0 Å². The number of nitrogens with zero attached hydrogens (tertiary/aromatic N) is 1. The molecule has 144 valence electrons. The lowest BCUT2D eigenvalue weighted by atomic mass is 9.85. The summed E-state index contributed by atoms with van der Waals surface area (Å²) in [6.07, 6.45) is 7.61. The monoisotopic (exact) mass is 368 g/mol. The number of fused-ring (bicyclic) bond motifs is 1. The van der Waals surface area contributed by atoms with Gasteiger partial charge >= 0.3 is 0 Å². The van der Waals surface area contributed by atoms with Crippen LogP contribution < -0.4 is 10.1 Å². The van der Waals surface area contributed by atoms with Crippen molar-refractivity contribution < 1.29 is 14.3 Å². The first-order chi connectivity index (χ1) is 13.1. The number of hydrogen-bond acceptors (Lipinski definition) is 3. The summed E-state index contributed by atoms with van der Waals surface area (Å²) in [5.74, 6) is 1.27. The topological polar surface area (TPSA) is 58.6 Å². The fraction of sp³-hybridized carbons (Fsp3) is 0.545. The lowest BCUT2D eigenvalue weighted by molar-refractivity contribution is -0.126. The molecule has 4 rings (SSSR count). The van der Waals surface area contributed by atoms with E-state index in [2.05, 4.69) is 18.8 Å². The van der Waals surface area contributed by atoms with E-state index < -0.39 is 6.04 Å². The molecule has 2 amide bonds. The van der Waals surface area contributed by atoms with Gasteiger partial charge in [0, 0.05) is 17.8 Å². The van der Waals surface area contributed by atoms with E-state index >= 15 is 0 Å². The summed E-state index contributed by atoms with van der Waals surface area (Å²) in [6.45, 7) is 6.51. The molecule has 3 unspecified atom stereocenters. The summed E-state index contributed by atoms with van der Waals surface area (Å²) in [4.78, 5) is 26.8. The molecule has 1 saturated carbocycles. The van der Waals surface area contributed by atoms with Gasteiger partial charge in [-0.05, 0) is 68.2 Å². The van der Waals surface area contributed by atoms with E-state index in [0.717, 1.165) is 29.9 Å². The number of rotatable bonds is 4. The summed E-state index contributed by atoms with van der Waals surface area (Å²) in [5, 5.41) is 2.78. The fourth-order valence-corrected chi connectivity index (χ4v) is 4.67. The van der Waals surface area contributed by atoms with Crippen LogP contribution in [0.5, 0.6) is 5.75 Å². The van der Waals surface area contributed by atoms with E-state index in [1.54, 1.807) is 4.90 Å². The van der Waals surface area contributed by atoms with E-state index in [1.165, 1.54) is 19.3 Å². The van der Waals surface area contributed by atoms with Gasteiger partial charge in [0.15, 0.2) is 0 Å². The van der Waals surface area contributed by atoms with Crippen LogP contribution in [0.1, 0.15) is 67.8 Å². The first kappa shape index (κ1) is 18.1. The zero-order valence-electron chi connectivity index (χ0n) is 16.0. The summed E-state index contributed by atoms with van der Waals surface area (Å²) < 4.78 is 6.31. The summed E-state index contributed by atoms with van der Waals surface area (Å²) >= 11 is 0. The first-order valence-corrected chi connectivity index (χ1v) is 10.2. The van der Waals surface area contributed by atoms with Crippen LogP contribution in [0.15, 0.2) is 30.5 Å². The summed E-state index contributed by atoms with van der Waals surface area (Å²) in [5.41, 5.74) is 2.38. The highest BCUT2D eigenvalue weighted by Gasteiger charge is 2.38. The number of carbonyl (C=O) groups is 2. The van der Waals surface area contributed by atoms with Crippen molar-refractivity contribution in [3.8, 4) is 5.75 Å². The minimum absolute atomic E-state index is 0.0617. The number of hydrogen-bond donors (Lipinski definition) is 1. The van der Waals surface area contributed by atoms with Gasteiger partial charge in [0.1, 0.15) is 17.9 Å². The standard InChI is InChI=1S/C22H28N2O3/c1-3-15-6-4-5-7-20(15)27-17-9-10-18-16(12-17)13-24(22(18)26)19-11-8-14(2)23-21(19)25/h9-10,12,15,19-20H,2-8,11,13H2,1H3,(H,23,25). The second kappa shape index (κ2) is 7.37. The zero-order chi connectivity index (χ0) is 19.0. The SMILES string of the molecule is C=C1CCC(N2Cc3cc(OC4CCCCC4CC)ccc3C2=O)C(=O)N1. The van der Waals surface area contributed by atoms with Crippen molar-refractivity contribution in [2.75, 3.05) is 0 Å². The number of carbonyl (C=O) groups excluding carboxylic acids is 2. The Labute approximate surface area is 160 Å². The first-order valence-electron chi connectivity index (χ1n) is 10.2. The molecule has 0 spiro atoms. The Kier molecular flexibility index (Phi) is 4.94. The van der Waals surface area contributed by atoms with Gasteiger partial charge in [0.25, 0.3) is 5.91 Å². The predicted molar refractivity (Wildman–Crippen MR) is 103 cm³/mol. The Balaban J connectivity index is 1.49. The molecule has 3 atom stereocenters. The van der Waals surface area contributed by atoms with Crippen LogP contribution in [0.25, 0.3) is 0 Å². The molecule has 0 bridgehead atoms. The molecule has 1 saturated heterocycles. The molecule has 5 heteroatoms. The van der Waals surface area contributed by atoms with Crippen LogP contribution >= 0.6 is 0 Å². The van der Waals surface area contributed by atoms with Crippen molar-refractivity contribution in [2.45, 2.75) is 70.6 Å². The van der Waals surface area contributed by atoms with Gasteiger partial charge in [-0.2, -0.15) is 0 Å². The predicted octanol–water partition coefficient (Wildman–Crippen LogP) is 3.78. The van der Waals surface area contributed by atoms with Gasteiger partial charge in [-0.1, -0.05) is 19.9 Å². The van der Waals surface area contributed by atoms with Crippen molar-refractivity contribution in [3.63, 3.8) is 0 Å². The molecular weight excluding hydrogens is 340 g/mol. The van der Waals surface area contributed by atoms with E-state index in [1.807, 2.05) is 18.2 Å². The highest BCUT2D eigenvalue weighted by atomic mass is 16.5. The van der Waals surface area contributed by atoms with Gasteiger partial charge in [0.2, 0.25) is 5.91 Å². The van der Waals surface area contributed by atoms with Gasteiger partial charge in [-0.25, -0.2) is 0 Å². The quantitative estimate of drug-likeness (QED) is 0.880. The van der Waals surface area contributed by atoms with Crippen molar-refractivity contribution in [1.82, 2.24) is 10.2 Å². The number of nitrogens with one attached hydrogen (secondary N) is 1.